The van der Waals surface area contributed by atoms with Gasteiger partial charge in [0.2, 0.25) is 0 Å². The van der Waals surface area contributed by atoms with E-state index in [-0.39, 0.29) is 5.91 Å². The molecule has 0 fully saturated rings. The number of nitrogens with one attached hydrogen (secondary N) is 2. The number of ether oxygens (including phenoxy) is 1. The summed E-state index contributed by atoms with van der Waals surface area (Å²) in [6, 6.07) is 17.2. The number of methoxy groups -OCH3 is 1. The molecule has 2 N–H and O–H groups in total. The number of anilines is 1. The Morgan fingerprint density at radius 2 is 1.80 bits per heavy atom. The van der Waals surface area contributed by atoms with E-state index in [4.69, 9.17) is 4.74 Å². The Morgan fingerprint density at radius 1 is 1.12 bits per heavy atom. The van der Waals surface area contributed by atoms with Crippen LogP contribution in [0.3, 0.4) is 0 Å². The van der Waals surface area contributed by atoms with Crippen molar-refractivity contribution in [1.82, 2.24) is 5.43 Å². The molecule has 5 heteroatoms. The summed E-state index contributed by atoms with van der Waals surface area (Å²) < 4.78 is 5.29. The van der Waals surface area contributed by atoms with Crippen LogP contribution in [0.5, 0.6) is 5.75 Å². The van der Waals surface area contributed by atoms with Crippen molar-refractivity contribution in [3.8, 4) is 5.75 Å². The largest absolute Gasteiger partial charge is 0.495 e. The van der Waals surface area contributed by atoms with Gasteiger partial charge in [-0.3, -0.25) is 4.79 Å². The van der Waals surface area contributed by atoms with E-state index in [9.17, 15) is 4.79 Å². The SMILES string of the molecule is CCC(Cc1ccccc1)=NNC(=O)[C@@H](C)Nc1ccccc1OC. The molecule has 0 bridgehead atoms. The molecule has 0 saturated heterocycles. The fourth-order valence-corrected chi connectivity index (χ4v) is 2.37. The van der Waals surface area contributed by atoms with E-state index in [0.29, 0.717) is 5.75 Å². The highest BCUT2D eigenvalue weighted by molar-refractivity contribution is 5.89. The lowest BCUT2D eigenvalue weighted by Gasteiger charge is -2.16. The van der Waals surface area contributed by atoms with Crippen molar-refractivity contribution in [2.75, 3.05) is 12.4 Å². The zero-order chi connectivity index (χ0) is 18.1. The third-order valence-electron chi connectivity index (χ3n) is 3.86. The molecule has 25 heavy (non-hydrogen) atoms. The van der Waals surface area contributed by atoms with Gasteiger partial charge in [0.25, 0.3) is 5.91 Å². The summed E-state index contributed by atoms with van der Waals surface area (Å²) in [6.45, 7) is 3.82. The fourth-order valence-electron chi connectivity index (χ4n) is 2.37. The van der Waals surface area contributed by atoms with Crippen LogP contribution in [0, 0.1) is 0 Å². The third-order valence-corrected chi connectivity index (χ3v) is 3.86. The summed E-state index contributed by atoms with van der Waals surface area (Å²) >= 11 is 0. The highest BCUT2D eigenvalue weighted by Crippen LogP contribution is 2.23. The molecule has 0 aromatic heterocycles. The van der Waals surface area contributed by atoms with Crippen molar-refractivity contribution in [3.05, 3.63) is 60.2 Å². The number of rotatable bonds is 8. The van der Waals surface area contributed by atoms with Gasteiger partial charge in [-0.1, -0.05) is 49.4 Å². The van der Waals surface area contributed by atoms with Crippen LogP contribution in [0.1, 0.15) is 25.8 Å². The molecular formula is C20H25N3O2. The standard InChI is InChI=1S/C20H25N3O2/c1-4-17(14-16-10-6-5-7-11-16)22-23-20(24)15(2)21-18-12-8-9-13-19(18)25-3/h5-13,15,21H,4,14H2,1-3H3,(H,23,24)/t15-/m1/s1. The molecule has 0 radical (unpaired) electrons. The van der Waals surface area contributed by atoms with Gasteiger partial charge in [-0.15, -0.1) is 0 Å². The number of carbonyl (C=O) groups is 1. The monoisotopic (exact) mass is 339 g/mol. The minimum atomic E-state index is -0.435. The molecule has 0 aliphatic rings. The third kappa shape index (κ3) is 5.64. The van der Waals surface area contributed by atoms with Crippen molar-refractivity contribution in [2.24, 2.45) is 5.10 Å². The summed E-state index contributed by atoms with van der Waals surface area (Å²) in [7, 11) is 1.60. The molecule has 1 atom stereocenters. The first-order chi connectivity index (χ1) is 12.1. The maximum absolute atomic E-state index is 12.3. The smallest absolute Gasteiger partial charge is 0.262 e. The minimum absolute atomic E-state index is 0.190. The lowest BCUT2D eigenvalue weighted by atomic mass is 10.1. The molecule has 2 aromatic carbocycles. The van der Waals surface area contributed by atoms with Crippen molar-refractivity contribution < 1.29 is 9.53 Å². The summed E-state index contributed by atoms with van der Waals surface area (Å²) in [5.74, 6) is 0.508. The van der Waals surface area contributed by atoms with Gasteiger partial charge in [0, 0.05) is 12.1 Å². The van der Waals surface area contributed by atoms with E-state index < -0.39 is 6.04 Å². The van der Waals surface area contributed by atoms with E-state index in [1.807, 2.05) is 49.4 Å². The molecule has 1 amide bonds. The number of amides is 1. The topological polar surface area (TPSA) is 62.7 Å². The highest BCUT2D eigenvalue weighted by atomic mass is 16.5. The number of hydrazone groups is 1. The van der Waals surface area contributed by atoms with E-state index in [2.05, 4.69) is 28.0 Å². The first-order valence-electron chi connectivity index (χ1n) is 8.42. The Hall–Kier alpha value is -2.82. The molecule has 0 aliphatic carbocycles. The average molecular weight is 339 g/mol. The van der Waals surface area contributed by atoms with E-state index in [1.165, 1.54) is 5.56 Å². The normalized spacial score (nSPS) is 12.4. The molecule has 2 aromatic rings. The molecule has 0 heterocycles. The minimum Gasteiger partial charge on any atom is -0.495 e. The van der Waals surface area contributed by atoms with Crippen molar-refractivity contribution in [3.63, 3.8) is 0 Å². The fraction of sp³-hybridized carbons (Fsp3) is 0.300. The Labute approximate surface area is 149 Å². The molecule has 5 nitrogen and oxygen atoms in total. The Morgan fingerprint density at radius 3 is 2.48 bits per heavy atom. The predicted molar refractivity (Wildman–Crippen MR) is 102 cm³/mol. The summed E-state index contributed by atoms with van der Waals surface area (Å²) in [4.78, 5) is 12.3. The molecule has 0 unspecified atom stereocenters. The first kappa shape index (κ1) is 18.5. The van der Waals surface area contributed by atoms with Crippen molar-refractivity contribution >= 4 is 17.3 Å². The van der Waals surface area contributed by atoms with E-state index >= 15 is 0 Å². The number of hydrogen-bond acceptors (Lipinski definition) is 4. The molecule has 0 aliphatic heterocycles. The summed E-state index contributed by atoms with van der Waals surface area (Å²) in [5.41, 5.74) is 5.54. The predicted octanol–water partition coefficient (Wildman–Crippen LogP) is 3.62. The quantitative estimate of drug-likeness (QED) is 0.570. The second-order valence-electron chi connectivity index (χ2n) is 5.74. The lowest BCUT2D eigenvalue weighted by Crippen LogP contribution is -2.35. The Kier molecular flexibility index (Phi) is 7.01. The van der Waals surface area contributed by atoms with Gasteiger partial charge in [0.15, 0.2) is 0 Å². The Bertz CT molecular complexity index is 714. The molecule has 2 rings (SSSR count). The second-order valence-corrected chi connectivity index (χ2v) is 5.74. The van der Waals surface area contributed by atoms with Crippen LogP contribution >= 0.6 is 0 Å². The van der Waals surface area contributed by atoms with Gasteiger partial charge in [-0.2, -0.15) is 5.10 Å². The van der Waals surface area contributed by atoms with Crippen LogP contribution in [-0.4, -0.2) is 24.8 Å². The zero-order valence-corrected chi connectivity index (χ0v) is 15.0. The van der Waals surface area contributed by atoms with Gasteiger partial charge >= 0.3 is 0 Å². The molecular weight excluding hydrogens is 314 g/mol. The van der Waals surface area contributed by atoms with Gasteiger partial charge in [-0.05, 0) is 31.0 Å². The lowest BCUT2D eigenvalue weighted by molar-refractivity contribution is -0.121. The van der Waals surface area contributed by atoms with Crippen LogP contribution in [-0.2, 0) is 11.2 Å². The number of para-hydroxylation sites is 2. The number of carbonyl (C=O) groups excluding carboxylic acids is 1. The average Bonchev–Trinajstić information content (AvgIpc) is 2.66. The number of hydrogen-bond donors (Lipinski definition) is 2. The molecule has 0 spiro atoms. The van der Waals surface area contributed by atoms with Crippen LogP contribution in [0.4, 0.5) is 5.69 Å². The molecule has 0 saturated carbocycles. The summed E-state index contributed by atoms with van der Waals surface area (Å²) in [6.07, 6.45) is 1.51. The zero-order valence-electron chi connectivity index (χ0n) is 15.0. The van der Waals surface area contributed by atoms with E-state index in [1.54, 1.807) is 14.0 Å². The maximum Gasteiger partial charge on any atom is 0.262 e. The maximum atomic E-state index is 12.3. The number of nitrogens with zero attached hydrogens (tertiary/aromatic N) is 1. The van der Waals surface area contributed by atoms with Crippen LogP contribution in [0.25, 0.3) is 0 Å². The Balaban J connectivity index is 1.95. The first-order valence-corrected chi connectivity index (χ1v) is 8.42. The van der Waals surface area contributed by atoms with Gasteiger partial charge < -0.3 is 10.1 Å². The number of benzene rings is 2. The van der Waals surface area contributed by atoms with Crippen molar-refractivity contribution in [1.29, 1.82) is 0 Å². The van der Waals surface area contributed by atoms with Crippen LogP contribution < -0.4 is 15.5 Å². The van der Waals surface area contributed by atoms with E-state index in [0.717, 1.165) is 24.2 Å². The van der Waals surface area contributed by atoms with Gasteiger partial charge in [0.05, 0.1) is 12.8 Å². The summed E-state index contributed by atoms with van der Waals surface area (Å²) in [5, 5.41) is 7.43. The van der Waals surface area contributed by atoms with Crippen molar-refractivity contribution in [2.45, 2.75) is 32.7 Å². The van der Waals surface area contributed by atoms with Gasteiger partial charge in [0.1, 0.15) is 11.8 Å². The second kappa shape index (κ2) is 9.47. The van der Waals surface area contributed by atoms with Crippen LogP contribution in [0.2, 0.25) is 0 Å². The molecule has 132 valence electrons. The van der Waals surface area contributed by atoms with Gasteiger partial charge in [-0.25, -0.2) is 5.43 Å². The van der Waals surface area contributed by atoms with Crippen LogP contribution in [0.15, 0.2) is 59.7 Å². The highest BCUT2D eigenvalue weighted by Gasteiger charge is 2.14.